The van der Waals surface area contributed by atoms with Gasteiger partial charge < -0.3 is 20.6 Å². The van der Waals surface area contributed by atoms with E-state index in [9.17, 15) is 20.1 Å². The van der Waals surface area contributed by atoms with Crippen molar-refractivity contribution in [1.82, 2.24) is 5.32 Å². The summed E-state index contributed by atoms with van der Waals surface area (Å²) in [6.45, 7) is 4.31. The molecule has 0 aliphatic heterocycles. The fourth-order valence-corrected chi connectivity index (χ4v) is 10.1. The van der Waals surface area contributed by atoms with E-state index in [2.05, 4.69) is 31.3 Å². The van der Waals surface area contributed by atoms with Gasteiger partial charge in [0.25, 0.3) is 0 Å². The smallest absolute Gasteiger partial charge is 0.222 e. The molecule has 5 nitrogen and oxygen atoms in total. The fourth-order valence-electron chi connectivity index (χ4n) is 10.1. The number of rotatable bonds is 58. The molecule has 0 bridgehead atoms. The van der Waals surface area contributed by atoms with Crippen molar-refractivity contribution in [2.24, 2.45) is 0 Å². The third kappa shape index (κ3) is 54.3. The highest BCUT2D eigenvalue weighted by molar-refractivity contribution is 5.76. The molecular weight excluding hydrogens is 823 g/mol. The summed E-state index contributed by atoms with van der Waals surface area (Å²) in [5.41, 5.74) is 0. The van der Waals surface area contributed by atoms with Crippen LogP contribution in [0.2, 0.25) is 0 Å². The molecule has 0 fully saturated rings. The maximum absolute atomic E-state index is 12.6. The van der Waals surface area contributed by atoms with Crippen LogP contribution in [0.3, 0.4) is 0 Å². The second-order valence-electron chi connectivity index (χ2n) is 21.7. The van der Waals surface area contributed by atoms with E-state index < -0.39 is 18.2 Å². The number of allylic oxidation sites excluding steroid dienone is 2. The topological polar surface area (TPSA) is 89.8 Å². The highest BCUT2D eigenvalue weighted by Gasteiger charge is 2.21. The second kappa shape index (κ2) is 57.7. The zero-order valence-electron chi connectivity index (χ0n) is 45.8. The number of aliphatic hydroxyl groups is 3. The van der Waals surface area contributed by atoms with Gasteiger partial charge in [-0.25, -0.2) is 0 Å². The van der Waals surface area contributed by atoms with Crippen molar-refractivity contribution in [3.8, 4) is 0 Å². The highest BCUT2D eigenvalue weighted by atomic mass is 16.3. The molecule has 0 aromatic carbocycles. The average molecular weight is 947 g/mol. The van der Waals surface area contributed by atoms with Gasteiger partial charge in [-0.2, -0.15) is 0 Å². The molecule has 0 aliphatic rings. The Kier molecular flexibility index (Phi) is 56.9. The van der Waals surface area contributed by atoms with Crippen molar-refractivity contribution >= 4 is 5.91 Å². The maximum atomic E-state index is 12.6. The molecule has 67 heavy (non-hydrogen) atoms. The molecule has 0 aromatic heterocycles. The Balaban J connectivity index is 3.48. The molecule has 400 valence electrons. The van der Waals surface area contributed by atoms with Crippen LogP contribution in [0, 0.1) is 0 Å². The molecule has 0 heterocycles. The minimum atomic E-state index is -0.748. The van der Waals surface area contributed by atoms with E-state index in [0.717, 1.165) is 25.7 Å². The lowest BCUT2D eigenvalue weighted by molar-refractivity contribution is -0.125. The van der Waals surface area contributed by atoms with Crippen LogP contribution in [0.5, 0.6) is 0 Å². The number of aliphatic hydroxyl groups excluding tert-OH is 3. The monoisotopic (exact) mass is 946 g/mol. The van der Waals surface area contributed by atoms with Crippen LogP contribution in [0.4, 0.5) is 0 Å². The van der Waals surface area contributed by atoms with E-state index in [1.807, 2.05) is 0 Å². The van der Waals surface area contributed by atoms with Crippen molar-refractivity contribution in [2.75, 3.05) is 6.61 Å². The third-order valence-electron chi connectivity index (χ3n) is 14.8. The average Bonchev–Trinajstić information content (AvgIpc) is 3.32. The Labute approximate surface area is 420 Å². The van der Waals surface area contributed by atoms with Crippen LogP contribution in [-0.4, -0.2) is 46.1 Å². The first-order valence-corrected chi connectivity index (χ1v) is 31.0. The third-order valence-corrected chi connectivity index (χ3v) is 14.8. The molecule has 5 heteroatoms. The summed E-state index contributed by atoms with van der Waals surface area (Å²) in [7, 11) is 0. The lowest BCUT2D eigenvalue weighted by atomic mass is 10.0. The van der Waals surface area contributed by atoms with E-state index in [4.69, 9.17) is 0 Å². The first-order valence-electron chi connectivity index (χ1n) is 31.0. The van der Waals surface area contributed by atoms with Crippen molar-refractivity contribution in [3.05, 3.63) is 12.2 Å². The normalized spacial score (nSPS) is 13.2. The Morgan fingerprint density at radius 3 is 0.866 bits per heavy atom. The van der Waals surface area contributed by atoms with Gasteiger partial charge >= 0.3 is 0 Å². The van der Waals surface area contributed by atoms with Gasteiger partial charge in [-0.05, 0) is 38.5 Å². The summed E-state index contributed by atoms with van der Waals surface area (Å²) in [6.07, 6.45) is 72.5. The number of nitrogens with one attached hydrogen (secondary N) is 1. The van der Waals surface area contributed by atoms with Gasteiger partial charge in [0, 0.05) is 0 Å². The van der Waals surface area contributed by atoms with Crippen molar-refractivity contribution < 1.29 is 20.1 Å². The first-order chi connectivity index (χ1) is 33.0. The molecule has 0 saturated heterocycles. The van der Waals surface area contributed by atoms with Gasteiger partial charge in [0.05, 0.1) is 31.3 Å². The minimum Gasteiger partial charge on any atom is -0.394 e. The Morgan fingerprint density at radius 1 is 0.358 bits per heavy atom. The van der Waals surface area contributed by atoms with Gasteiger partial charge in [0.15, 0.2) is 0 Å². The van der Waals surface area contributed by atoms with E-state index in [0.29, 0.717) is 12.8 Å². The first kappa shape index (κ1) is 66.1. The van der Waals surface area contributed by atoms with Gasteiger partial charge in [-0.15, -0.1) is 0 Å². The van der Waals surface area contributed by atoms with Gasteiger partial charge in [-0.3, -0.25) is 4.79 Å². The van der Waals surface area contributed by atoms with Crippen LogP contribution in [0.15, 0.2) is 12.2 Å². The van der Waals surface area contributed by atoms with E-state index in [1.54, 1.807) is 0 Å². The predicted octanol–water partition coefficient (Wildman–Crippen LogP) is 19.5. The zero-order valence-corrected chi connectivity index (χ0v) is 45.8. The second-order valence-corrected chi connectivity index (χ2v) is 21.7. The molecule has 1 amide bonds. The van der Waals surface area contributed by atoms with Gasteiger partial charge in [0.2, 0.25) is 5.91 Å². The highest BCUT2D eigenvalue weighted by Crippen LogP contribution is 2.19. The van der Waals surface area contributed by atoms with Crippen LogP contribution in [-0.2, 0) is 4.79 Å². The standard InChI is InChI=1S/C62H123NO4/c1-3-5-7-9-11-13-15-17-19-21-23-25-27-28-29-30-31-32-33-34-35-37-39-41-43-45-47-49-51-53-55-59(65)57-62(67)63-60(58-64)61(66)56-54-52-50-48-46-44-42-40-38-36-26-24-22-20-18-16-14-12-10-8-6-4-2/h28-29,59-61,64-66H,3-27,30-58H2,1-2H3,(H,63,67)/b29-28-. The zero-order chi connectivity index (χ0) is 48.6. The van der Waals surface area contributed by atoms with E-state index >= 15 is 0 Å². The summed E-state index contributed by atoms with van der Waals surface area (Å²) >= 11 is 0. The molecule has 3 atom stereocenters. The molecule has 0 aliphatic carbocycles. The largest absolute Gasteiger partial charge is 0.394 e. The quantitative estimate of drug-likeness (QED) is 0.0361. The summed E-state index contributed by atoms with van der Waals surface area (Å²) in [4.78, 5) is 12.6. The molecule has 0 saturated carbocycles. The number of amides is 1. The SMILES string of the molecule is CCCCCCCCCCCCCC/C=C\CCCCCCCCCCCCCCCCC(O)CC(=O)NC(CO)C(O)CCCCCCCCCCCCCCCCCCCCCCCC. The summed E-state index contributed by atoms with van der Waals surface area (Å²) in [5.74, 6) is -0.275. The fraction of sp³-hybridized carbons (Fsp3) is 0.952. The van der Waals surface area contributed by atoms with Gasteiger partial charge in [-0.1, -0.05) is 321 Å². The lowest BCUT2D eigenvalue weighted by Gasteiger charge is -2.23. The molecule has 0 rings (SSSR count). The van der Waals surface area contributed by atoms with Crippen LogP contribution < -0.4 is 5.32 Å². The van der Waals surface area contributed by atoms with Crippen molar-refractivity contribution in [3.63, 3.8) is 0 Å². The van der Waals surface area contributed by atoms with Crippen molar-refractivity contribution in [2.45, 2.75) is 372 Å². The summed E-state index contributed by atoms with van der Waals surface area (Å²) in [6, 6.07) is -0.657. The summed E-state index contributed by atoms with van der Waals surface area (Å²) < 4.78 is 0. The predicted molar refractivity (Wildman–Crippen MR) is 296 cm³/mol. The Hall–Kier alpha value is -0.910. The molecule has 3 unspecified atom stereocenters. The summed E-state index contributed by atoms with van der Waals surface area (Å²) in [5, 5.41) is 33.7. The molecule has 0 aromatic rings. The Morgan fingerprint density at radius 2 is 0.597 bits per heavy atom. The van der Waals surface area contributed by atoms with Gasteiger partial charge in [0.1, 0.15) is 0 Å². The molecule has 0 radical (unpaired) electrons. The number of carbonyl (C=O) groups is 1. The van der Waals surface area contributed by atoms with Crippen molar-refractivity contribution in [1.29, 1.82) is 0 Å². The number of carbonyl (C=O) groups excluding carboxylic acids is 1. The Bertz CT molecular complexity index is 956. The van der Waals surface area contributed by atoms with Crippen LogP contribution in [0.1, 0.15) is 354 Å². The van der Waals surface area contributed by atoms with E-state index in [-0.39, 0.29) is 18.9 Å². The van der Waals surface area contributed by atoms with E-state index in [1.165, 1.54) is 295 Å². The lowest BCUT2D eigenvalue weighted by Crippen LogP contribution is -2.46. The van der Waals surface area contributed by atoms with Crippen LogP contribution in [0.25, 0.3) is 0 Å². The minimum absolute atomic E-state index is 0.0412. The molecular formula is C62H123NO4. The maximum Gasteiger partial charge on any atom is 0.222 e. The number of unbranched alkanes of at least 4 members (excludes halogenated alkanes) is 47. The number of hydrogen-bond donors (Lipinski definition) is 4. The molecule has 4 N–H and O–H groups in total. The molecule has 0 spiro atoms. The van der Waals surface area contributed by atoms with Crippen LogP contribution >= 0.6 is 0 Å². The number of hydrogen-bond acceptors (Lipinski definition) is 4.